The second kappa shape index (κ2) is 8.87. The lowest BCUT2D eigenvalue weighted by molar-refractivity contribution is 0.0952. The summed E-state index contributed by atoms with van der Waals surface area (Å²) in [5.41, 5.74) is 7.04. The van der Waals surface area contributed by atoms with Crippen LogP contribution in [0.2, 0.25) is 0 Å². The summed E-state index contributed by atoms with van der Waals surface area (Å²) in [5.74, 6) is 1.41. The molecule has 0 atom stereocenters. The van der Waals surface area contributed by atoms with Crippen LogP contribution < -0.4 is 15.8 Å². The maximum Gasteiger partial charge on any atom is 0.255 e. The third kappa shape index (κ3) is 5.84. The molecule has 0 saturated heterocycles. The Morgan fingerprint density at radius 3 is 2.85 bits per heavy atom. The SMILES string of the molecule is Cc1ccc(OCCN)c(C(=O)NCCSC(C)C)c1. The third-order valence-corrected chi connectivity index (χ3v) is 3.70. The number of hydrogen-bond donors (Lipinski definition) is 2. The van der Waals surface area contributed by atoms with Crippen molar-refractivity contribution in [3.8, 4) is 5.75 Å². The number of benzene rings is 1. The smallest absolute Gasteiger partial charge is 0.255 e. The molecule has 0 heterocycles. The molecule has 1 aromatic rings. The van der Waals surface area contributed by atoms with Crippen LogP contribution in [0.5, 0.6) is 5.75 Å². The number of ether oxygens (including phenoxy) is 1. The maximum atomic E-state index is 12.2. The van der Waals surface area contributed by atoms with Gasteiger partial charge in [-0.15, -0.1) is 0 Å². The predicted octanol–water partition coefficient (Wildman–Crippen LogP) is 2.20. The van der Waals surface area contributed by atoms with Gasteiger partial charge in [-0.05, 0) is 24.3 Å². The number of carbonyl (C=O) groups excluding carboxylic acids is 1. The van der Waals surface area contributed by atoms with E-state index in [1.54, 1.807) is 0 Å². The van der Waals surface area contributed by atoms with E-state index >= 15 is 0 Å². The molecule has 112 valence electrons. The Hall–Kier alpha value is -1.20. The Balaban J connectivity index is 2.63. The fraction of sp³-hybridized carbons (Fsp3) is 0.533. The molecule has 0 aliphatic carbocycles. The van der Waals surface area contributed by atoms with E-state index in [4.69, 9.17) is 10.5 Å². The van der Waals surface area contributed by atoms with Crippen LogP contribution in [0.4, 0.5) is 0 Å². The summed E-state index contributed by atoms with van der Waals surface area (Å²) in [7, 11) is 0. The van der Waals surface area contributed by atoms with E-state index in [0.29, 0.717) is 36.3 Å². The topological polar surface area (TPSA) is 64.3 Å². The van der Waals surface area contributed by atoms with Crippen molar-refractivity contribution >= 4 is 17.7 Å². The van der Waals surface area contributed by atoms with Gasteiger partial charge in [0, 0.05) is 18.8 Å². The quantitative estimate of drug-likeness (QED) is 0.722. The van der Waals surface area contributed by atoms with E-state index in [1.807, 2.05) is 36.9 Å². The molecule has 0 unspecified atom stereocenters. The minimum absolute atomic E-state index is 0.0925. The lowest BCUT2D eigenvalue weighted by atomic mass is 10.1. The minimum Gasteiger partial charge on any atom is -0.491 e. The first kappa shape index (κ1) is 16.9. The zero-order valence-electron chi connectivity index (χ0n) is 12.4. The van der Waals surface area contributed by atoms with Crippen LogP contribution in [0.1, 0.15) is 29.8 Å². The Morgan fingerprint density at radius 1 is 1.45 bits per heavy atom. The zero-order valence-corrected chi connectivity index (χ0v) is 13.3. The highest BCUT2D eigenvalue weighted by Gasteiger charge is 2.12. The van der Waals surface area contributed by atoms with Gasteiger partial charge in [-0.25, -0.2) is 0 Å². The molecule has 1 rings (SSSR count). The van der Waals surface area contributed by atoms with Crippen molar-refractivity contribution in [2.45, 2.75) is 26.0 Å². The van der Waals surface area contributed by atoms with E-state index in [2.05, 4.69) is 19.2 Å². The van der Waals surface area contributed by atoms with E-state index in [0.717, 1.165) is 11.3 Å². The van der Waals surface area contributed by atoms with Gasteiger partial charge in [0.2, 0.25) is 0 Å². The van der Waals surface area contributed by atoms with Gasteiger partial charge in [0.25, 0.3) is 5.91 Å². The molecule has 0 aromatic heterocycles. The molecule has 3 N–H and O–H groups in total. The summed E-state index contributed by atoms with van der Waals surface area (Å²) in [6.45, 7) is 7.74. The molecule has 0 fully saturated rings. The molecule has 1 amide bonds. The summed E-state index contributed by atoms with van der Waals surface area (Å²) in [6.07, 6.45) is 0. The molecule has 1 aromatic carbocycles. The van der Waals surface area contributed by atoms with Gasteiger partial charge in [-0.2, -0.15) is 11.8 Å². The standard InChI is InChI=1S/C15H24N2O2S/c1-11(2)20-9-7-17-15(18)13-10-12(3)4-5-14(13)19-8-6-16/h4-5,10-11H,6-9,16H2,1-3H3,(H,17,18). The van der Waals surface area contributed by atoms with Crippen molar-refractivity contribution in [1.29, 1.82) is 0 Å². The minimum atomic E-state index is -0.0925. The van der Waals surface area contributed by atoms with Crippen molar-refractivity contribution in [2.75, 3.05) is 25.4 Å². The summed E-state index contributed by atoms with van der Waals surface area (Å²) in [5, 5.41) is 3.51. The monoisotopic (exact) mass is 296 g/mol. The lowest BCUT2D eigenvalue weighted by Crippen LogP contribution is -2.27. The maximum absolute atomic E-state index is 12.2. The van der Waals surface area contributed by atoms with Crippen LogP contribution in [0.3, 0.4) is 0 Å². The highest BCUT2D eigenvalue weighted by Crippen LogP contribution is 2.20. The molecule has 0 bridgehead atoms. The number of nitrogens with two attached hydrogens (primary N) is 1. The van der Waals surface area contributed by atoms with Gasteiger partial charge in [0.15, 0.2) is 0 Å². The first-order valence-corrected chi connectivity index (χ1v) is 7.92. The first-order chi connectivity index (χ1) is 9.54. The average molecular weight is 296 g/mol. The average Bonchev–Trinajstić information content (AvgIpc) is 2.41. The van der Waals surface area contributed by atoms with Gasteiger partial charge in [0.05, 0.1) is 5.56 Å². The van der Waals surface area contributed by atoms with Gasteiger partial charge < -0.3 is 15.8 Å². The van der Waals surface area contributed by atoms with Crippen molar-refractivity contribution in [2.24, 2.45) is 5.73 Å². The molecule has 0 saturated carbocycles. The Morgan fingerprint density at radius 2 is 2.20 bits per heavy atom. The van der Waals surface area contributed by atoms with Crippen LogP contribution in [0, 0.1) is 6.92 Å². The molecule has 5 heteroatoms. The number of hydrogen-bond acceptors (Lipinski definition) is 4. The van der Waals surface area contributed by atoms with Crippen LogP contribution in [0.15, 0.2) is 18.2 Å². The van der Waals surface area contributed by atoms with Crippen LogP contribution in [-0.4, -0.2) is 36.6 Å². The fourth-order valence-electron chi connectivity index (χ4n) is 1.67. The molecule has 0 spiro atoms. The van der Waals surface area contributed by atoms with Crippen LogP contribution in [-0.2, 0) is 0 Å². The van der Waals surface area contributed by atoms with Crippen molar-refractivity contribution in [3.05, 3.63) is 29.3 Å². The zero-order chi connectivity index (χ0) is 15.0. The summed E-state index contributed by atoms with van der Waals surface area (Å²) >= 11 is 1.83. The number of carbonyl (C=O) groups is 1. The number of thioether (sulfide) groups is 1. The number of aryl methyl sites for hydroxylation is 1. The van der Waals surface area contributed by atoms with Gasteiger partial charge in [-0.3, -0.25) is 4.79 Å². The van der Waals surface area contributed by atoms with Gasteiger partial charge >= 0.3 is 0 Å². The summed E-state index contributed by atoms with van der Waals surface area (Å²) < 4.78 is 5.52. The van der Waals surface area contributed by atoms with Crippen LogP contribution >= 0.6 is 11.8 Å². The summed E-state index contributed by atoms with van der Waals surface area (Å²) in [4.78, 5) is 12.2. The van der Waals surface area contributed by atoms with Crippen molar-refractivity contribution < 1.29 is 9.53 Å². The molecular formula is C15H24N2O2S. The van der Waals surface area contributed by atoms with E-state index in [9.17, 15) is 4.79 Å². The lowest BCUT2D eigenvalue weighted by Gasteiger charge is -2.12. The normalized spacial score (nSPS) is 10.7. The van der Waals surface area contributed by atoms with Crippen molar-refractivity contribution in [1.82, 2.24) is 5.32 Å². The second-order valence-electron chi connectivity index (χ2n) is 4.81. The van der Waals surface area contributed by atoms with Crippen LogP contribution in [0.25, 0.3) is 0 Å². The second-order valence-corrected chi connectivity index (χ2v) is 6.50. The van der Waals surface area contributed by atoms with Crippen molar-refractivity contribution in [3.63, 3.8) is 0 Å². The Bertz CT molecular complexity index is 436. The third-order valence-electron chi connectivity index (χ3n) is 2.59. The number of amides is 1. The number of nitrogens with one attached hydrogen (secondary N) is 1. The molecular weight excluding hydrogens is 272 g/mol. The van der Waals surface area contributed by atoms with E-state index in [1.165, 1.54) is 0 Å². The van der Waals surface area contributed by atoms with Gasteiger partial charge in [0.1, 0.15) is 12.4 Å². The number of rotatable bonds is 8. The largest absolute Gasteiger partial charge is 0.491 e. The Kier molecular flexibility index (Phi) is 7.47. The molecule has 4 nitrogen and oxygen atoms in total. The predicted molar refractivity (Wildman–Crippen MR) is 85.7 cm³/mol. The fourth-order valence-corrected chi connectivity index (χ4v) is 2.36. The Labute approximate surface area is 125 Å². The molecule has 0 aliphatic heterocycles. The summed E-state index contributed by atoms with van der Waals surface area (Å²) in [6, 6.07) is 5.59. The molecule has 0 aliphatic rings. The first-order valence-electron chi connectivity index (χ1n) is 6.88. The molecule has 20 heavy (non-hydrogen) atoms. The highest BCUT2D eigenvalue weighted by molar-refractivity contribution is 7.99. The van der Waals surface area contributed by atoms with E-state index in [-0.39, 0.29) is 5.91 Å². The van der Waals surface area contributed by atoms with Gasteiger partial charge in [-0.1, -0.05) is 25.5 Å². The van der Waals surface area contributed by atoms with E-state index < -0.39 is 0 Å². The highest BCUT2D eigenvalue weighted by atomic mass is 32.2. The molecule has 0 radical (unpaired) electrons.